The van der Waals surface area contributed by atoms with E-state index in [1.807, 2.05) is 19.1 Å². The zero-order valence-electron chi connectivity index (χ0n) is 11.2. The van der Waals surface area contributed by atoms with Crippen molar-refractivity contribution in [3.8, 4) is 0 Å². The van der Waals surface area contributed by atoms with Gasteiger partial charge in [-0.15, -0.1) is 0 Å². The van der Waals surface area contributed by atoms with Gasteiger partial charge in [-0.1, -0.05) is 17.7 Å². The molecule has 0 bridgehead atoms. The van der Waals surface area contributed by atoms with Crippen molar-refractivity contribution in [1.82, 2.24) is 0 Å². The van der Waals surface area contributed by atoms with Crippen LogP contribution in [0.5, 0.6) is 0 Å². The number of benzene rings is 1. The minimum absolute atomic E-state index is 0.125. The van der Waals surface area contributed by atoms with Crippen LogP contribution in [-0.2, 0) is 6.42 Å². The smallest absolute Gasteiger partial charge is 0.0459 e. The second kappa shape index (κ2) is 6.27. The van der Waals surface area contributed by atoms with Gasteiger partial charge in [-0.05, 0) is 51.8 Å². The van der Waals surface area contributed by atoms with Crippen LogP contribution in [0.1, 0.15) is 33.3 Å². The third-order valence-electron chi connectivity index (χ3n) is 2.89. The second-order valence-corrected chi connectivity index (χ2v) is 5.21. The molecule has 2 nitrogen and oxygen atoms in total. The molecule has 0 amide bonds. The maximum atomic E-state index is 6.30. The Bertz CT molecular complexity index is 361. The van der Waals surface area contributed by atoms with Gasteiger partial charge < -0.3 is 10.6 Å². The van der Waals surface area contributed by atoms with Gasteiger partial charge in [0.25, 0.3) is 0 Å². The summed E-state index contributed by atoms with van der Waals surface area (Å²) in [6, 6.07) is 6.67. The van der Waals surface area contributed by atoms with Crippen LogP contribution in [0.15, 0.2) is 18.2 Å². The van der Waals surface area contributed by atoms with Gasteiger partial charge in [0, 0.05) is 29.3 Å². The molecule has 1 rings (SSSR count). The predicted octanol–water partition coefficient (Wildman–Crippen LogP) is 3.46. The van der Waals surface area contributed by atoms with Crippen molar-refractivity contribution in [3.05, 3.63) is 28.8 Å². The van der Waals surface area contributed by atoms with E-state index in [9.17, 15) is 0 Å². The molecule has 1 atom stereocenters. The molecule has 17 heavy (non-hydrogen) atoms. The lowest BCUT2D eigenvalue weighted by atomic mass is 10.0. The third-order valence-corrected chi connectivity index (χ3v) is 3.25. The summed E-state index contributed by atoms with van der Waals surface area (Å²) in [6.45, 7) is 9.54. The topological polar surface area (TPSA) is 29.3 Å². The molecule has 0 aliphatic heterocycles. The number of hydrogen-bond donors (Lipinski definition) is 1. The normalized spacial score (nSPS) is 12.9. The highest BCUT2D eigenvalue weighted by atomic mass is 35.5. The van der Waals surface area contributed by atoms with E-state index in [-0.39, 0.29) is 6.04 Å². The van der Waals surface area contributed by atoms with Gasteiger partial charge in [-0.3, -0.25) is 0 Å². The molecule has 96 valence electrons. The molecule has 1 aromatic rings. The molecule has 0 fully saturated rings. The van der Waals surface area contributed by atoms with Crippen molar-refractivity contribution in [2.45, 2.75) is 46.2 Å². The van der Waals surface area contributed by atoms with Crippen LogP contribution < -0.4 is 10.6 Å². The Balaban J connectivity index is 3.17. The predicted molar refractivity (Wildman–Crippen MR) is 77.0 cm³/mol. The molecule has 0 aliphatic rings. The van der Waals surface area contributed by atoms with Crippen LogP contribution >= 0.6 is 11.6 Å². The molecule has 0 aromatic heterocycles. The van der Waals surface area contributed by atoms with E-state index < -0.39 is 0 Å². The van der Waals surface area contributed by atoms with Crippen LogP contribution in [0.4, 0.5) is 5.69 Å². The summed E-state index contributed by atoms with van der Waals surface area (Å²) < 4.78 is 0. The van der Waals surface area contributed by atoms with Crippen molar-refractivity contribution in [2.24, 2.45) is 5.73 Å². The Morgan fingerprint density at radius 1 is 1.29 bits per heavy atom. The van der Waals surface area contributed by atoms with Crippen molar-refractivity contribution < 1.29 is 0 Å². The molecular formula is C14H23ClN2. The summed E-state index contributed by atoms with van der Waals surface area (Å²) >= 11 is 6.30. The van der Waals surface area contributed by atoms with Crippen LogP contribution in [0.25, 0.3) is 0 Å². The Morgan fingerprint density at radius 3 is 2.41 bits per heavy atom. The van der Waals surface area contributed by atoms with E-state index in [2.05, 4.69) is 31.7 Å². The molecular weight excluding hydrogens is 232 g/mol. The summed E-state index contributed by atoms with van der Waals surface area (Å²) in [5, 5.41) is 0.818. The maximum absolute atomic E-state index is 6.30. The summed E-state index contributed by atoms with van der Waals surface area (Å²) in [7, 11) is 0. The van der Waals surface area contributed by atoms with Gasteiger partial charge in [0.15, 0.2) is 0 Å². The Hall–Kier alpha value is -0.730. The average Bonchev–Trinajstić information content (AvgIpc) is 2.22. The molecule has 2 N–H and O–H groups in total. The van der Waals surface area contributed by atoms with Crippen LogP contribution in [-0.4, -0.2) is 18.6 Å². The van der Waals surface area contributed by atoms with Crippen LogP contribution in [0.2, 0.25) is 5.02 Å². The fraction of sp³-hybridized carbons (Fsp3) is 0.571. The molecule has 1 unspecified atom stereocenters. The van der Waals surface area contributed by atoms with Crippen molar-refractivity contribution in [1.29, 1.82) is 0 Å². The molecule has 0 spiro atoms. The minimum atomic E-state index is 0.125. The third kappa shape index (κ3) is 3.62. The molecule has 1 aromatic carbocycles. The molecule has 0 saturated carbocycles. The van der Waals surface area contributed by atoms with Gasteiger partial charge in [-0.25, -0.2) is 0 Å². The van der Waals surface area contributed by atoms with Gasteiger partial charge in [0.05, 0.1) is 0 Å². The Labute approximate surface area is 110 Å². The number of nitrogens with zero attached hydrogens (tertiary/aromatic N) is 1. The van der Waals surface area contributed by atoms with E-state index in [4.69, 9.17) is 17.3 Å². The van der Waals surface area contributed by atoms with Crippen LogP contribution in [0, 0.1) is 0 Å². The first kappa shape index (κ1) is 14.3. The van der Waals surface area contributed by atoms with Crippen molar-refractivity contribution in [3.63, 3.8) is 0 Å². The molecule has 3 heteroatoms. The number of hydrogen-bond acceptors (Lipinski definition) is 2. The number of rotatable bonds is 5. The van der Waals surface area contributed by atoms with E-state index in [0.29, 0.717) is 6.04 Å². The minimum Gasteiger partial charge on any atom is -0.369 e. The summed E-state index contributed by atoms with van der Waals surface area (Å²) in [4.78, 5) is 2.35. The number of anilines is 1. The molecule has 0 radical (unpaired) electrons. The van der Waals surface area contributed by atoms with E-state index in [1.165, 1.54) is 11.3 Å². The Morgan fingerprint density at radius 2 is 1.94 bits per heavy atom. The molecule has 0 heterocycles. The standard InChI is InChI=1S/C14H23ClN2/c1-5-17(10(2)3)14-8-6-7-13(15)12(14)9-11(4)16/h6-8,10-11H,5,9,16H2,1-4H3. The zero-order chi connectivity index (χ0) is 13.0. The highest BCUT2D eigenvalue weighted by Gasteiger charge is 2.15. The zero-order valence-corrected chi connectivity index (χ0v) is 12.0. The quantitative estimate of drug-likeness (QED) is 0.872. The summed E-state index contributed by atoms with van der Waals surface area (Å²) in [5.41, 5.74) is 8.28. The Kier molecular flexibility index (Phi) is 5.29. The SMILES string of the molecule is CCN(c1cccc(Cl)c1CC(C)N)C(C)C. The summed E-state index contributed by atoms with van der Waals surface area (Å²) in [5.74, 6) is 0. The van der Waals surface area contributed by atoms with E-state index in [0.717, 1.165) is 18.0 Å². The number of nitrogens with two attached hydrogens (primary N) is 1. The average molecular weight is 255 g/mol. The first-order valence-electron chi connectivity index (χ1n) is 6.27. The molecule has 0 aliphatic carbocycles. The van der Waals surface area contributed by atoms with E-state index >= 15 is 0 Å². The number of halogens is 1. The lowest BCUT2D eigenvalue weighted by molar-refractivity contribution is 0.687. The van der Waals surface area contributed by atoms with Gasteiger partial charge >= 0.3 is 0 Å². The van der Waals surface area contributed by atoms with Crippen molar-refractivity contribution in [2.75, 3.05) is 11.4 Å². The largest absolute Gasteiger partial charge is 0.369 e. The first-order chi connectivity index (χ1) is 7.97. The van der Waals surface area contributed by atoms with Crippen molar-refractivity contribution >= 4 is 17.3 Å². The lowest BCUT2D eigenvalue weighted by Gasteiger charge is -2.30. The second-order valence-electron chi connectivity index (χ2n) is 4.80. The fourth-order valence-electron chi connectivity index (χ4n) is 2.15. The summed E-state index contributed by atoms with van der Waals surface area (Å²) in [6.07, 6.45) is 0.818. The van der Waals surface area contributed by atoms with Gasteiger partial charge in [0.1, 0.15) is 0 Å². The van der Waals surface area contributed by atoms with Gasteiger partial charge in [-0.2, -0.15) is 0 Å². The lowest BCUT2D eigenvalue weighted by Crippen LogP contribution is -2.32. The van der Waals surface area contributed by atoms with Gasteiger partial charge in [0.2, 0.25) is 0 Å². The fourth-order valence-corrected chi connectivity index (χ4v) is 2.40. The highest BCUT2D eigenvalue weighted by Crippen LogP contribution is 2.29. The highest BCUT2D eigenvalue weighted by molar-refractivity contribution is 6.31. The maximum Gasteiger partial charge on any atom is 0.0459 e. The molecule has 0 saturated heterocycles. The van der Waals surface area contributed by atoms with E-state index in [1.54, 1.807) is 0 Å². The monoisotopic (exact) mass is 254 g/mol. The van der Waals surface area contributed by atoms with Crippen LogP contribution in [0.3, 0.4) is 0 Å². The first-order valence-corrected chi connectivity index (χ1v) is 6.64.